The van der Waals surface area contributed by atoms with Crippen LogP contribution in [-0.2, 0) is 9.47 Å². The van der Waals surface area contributed by atoms with Crippen LogP contribution in [0.2, 0.25) is 0 Å². The van der Waals surface area contributed by atoms with E-state index >= 15 is 0 Å². The van der Waals surface area contributed by atoms with Crippen LogP contribution in [0.1, 0.15) is 12.0 Å². The molecule has 0 radical (unpaired) electrons. The highest BCUT2D eigenvalue weighted by atomic mass is 19.1. The molecule has 3 unspecified atom stereocenters. The van der Waals surface area contributed by atoms with E-state index in [0.29, 0.717) is 30.9 Å². The lowest BCUT2D eigenvalue weighted by Gasteiger charge is -2.40. The summed E-state index contributed by atoms with van der Waals surface area (Å²) in [5, 5.41) is 9.65. The van der Waals surface area contributed by atoms with Crippen molar-refractivity contribution in [2.24, 2.45) is 0 Å². The largest absolute Gasteiger partial charge is 0.487 e. The highest BCUT2D eigenvalue weighted by Crippen LogP contribution is 2.29. The third-order valence-electron chi connectivity index (χ3n) is 3.23. The zero-order valence-electron chi connectivity index (χ0n) is 11.1. The number of halogens is 1. The summed E-state index contributed by atoms with van der Waals surface area (Å²) in [5.41, 5.74) is 0.536. The van der Waals surface area contributed by atoms with Crippen molar-refractivity contribution < 1.29 is 23.7 Å². The van der Waals surface area contributed by atoms with Gasteiger partial charge in [0.25, 0.3) is 0 Å². The summed E-state index contributed by atoms with van der Waals surface area (Å²) >= 11 is 0. The molecule has 0 aromatic heterocycles. The van der Waals surface area contributed by atoms with E-state index in [1.54, 1.807) is 26.2 Å². The fraction of sp³-hybridized carbons (Fsp3) is 0.571. The molecule has 0 aliphatic heterocycles. The van der Waals surface area contributed by atoms with Crippen LogP contribution < -0.4 is 4.74 Å². The average Bonchev–Trinajstić information content (AvgIpc) is 2.38. The van der Waals surface area contributed by atoms with Gasteiger partial charge in [-0.05, 0) is 30.7 Å². The van der Waals surface area contributed by atoms with Gasteiger partial charge in [-0.15, -0.1) is 0 Å². The van der Waals surface area contributed by atoms with Crippen LogP contribution in [0.15, 0.2) is 18.2 Å². The zero-order chi connectivity index (χ0) is 13.8. The summed E-state index contributed by atoms with van der Waals surface area (Å²) in [6.07, 6.45) is -0.533. The Balaban J connectivity index is 1.89. The number of aliphatic hydroxyl groups is 1. The van der Waals surface area contributed by atoms with Gasteiger partial charge in [0.15, 0.2) is 0 Å². The third-order valence-corrected chi connectivity index (χ3v) is 3.23. The molecular weight excluding hydrogens is 251 g/mol. The molecule has 0 heterocycles. The van der Waals surface area contributed by atoms with Crippen LogP contribution in [0.4, 0.5) is 4.39 Å². The Morgan fingerprint density at radius 2 is 2.16 bits per heavy atom. The number of methoxy groups -OCH3 is 1. The monoisotopic (exact) mass is 270 g/mol. The SMILES string of the molecule is COCCOC1C(O)CC1Oc1ccc(F)c(C)c1. The summed E-state index contributed by atoms with van der Waals surface area (Å²) in [6.45, 7) is 2.58. The minimum absolute atomic E-state index is 0.197. The van der Waals surface area contributed by atoms with Crippen LogP contribution >= 0.6 is 0 Å². The van der Waals surface area contributed by atoms with Crippen molar-refractivity contribution in [3.63, 3.8) is 0 Å². The van der Waals surface area contributed by atoms with E-state index in [0.717, 1.165) is 0 Å². The second-order valence-electron chi connectivity index (χ2n) is 4.70. The number of hydrogen-bond donors (Lipinski definition) is 1. The van der Waals surface area contributed by atoms with Crippen LogP contribution in [0.25, 0.3) is 0 Å². The molecule has 1 fully saturated rings. The topological polar surface area (TPSA) is 47.9 Å². The van der Waals surface area contributed by atoms with E-state index in [1.807, 2.05) is 0 Å². The van der Waals surface area contributed by atoms with Crippen LogP contribution in [0.5, 0.6) is 5.75 Å². The maximum absolute atomic E-state index is 13.1. The van der Waals surface area contributed by atoms with E-state index in [-0.39, 0.29) is 18.0 Å². The van der Waals surface area contributed by atoms with Crippen molar-refractivity contribution in [2.75, 3.05) is 20.3 Å². The molecule has 1 N–H and O–H groups in total. The van der Waals surface area contributed by atoms with Crippen molar-refractivity contribution in [3.8, 4) is 5.75 Å². The van der Waals surface area contributed by atoms with Crippen molar-refractivity contribution in [3.05, 3.63) is 29.6 Å². The number of aryl methyl sites for hydroxylation is 1. The standard InChI is InChI=1S/C14H19FO4/c1-9-7-10(3-4-11(9)15)19-13-8-12(16)14(13)18-6-5-17-2/h3-4,7,12-14,16H,5-6,8H2,1-2H3. The van der Waals surface area contributed by atoms with Gasteiger partial charge in [-0.25, -0.2) is 4.39 Å². The van der Waals surface area contributed by atoms with Crippen molar-refractivity contribution in [1.82, 2.24) is 0 Å². The molecule has 4 nitrogen and oxygen atoms in total. The molecule has 5 heteroatoms. The summed E-state index contributed by atoms with van der Waals surface area (Å²) in [4.78, 5) is 0. The molecule has 106 valence electrons. The predicted molar refractivity (Wildman–Crippen MR) is 67.8 cm³/mol. The van der Waals surface area contributed by atoms with Gasteiger partial charge in [-0.1, -0.05) is 0 Å². The highest BCUT2D eigenvalue weighted by molar-refractivity contribution is 5.29. The fourth-order valence-electron chi connectivity index (χ4n) is 2.02. The van der Waals surface area contributed by atoms with Crippen molar-refractivity contribution in [2.45, 2.75) is 31.7 Å². The summed E-state index contributed by atoms with van der Waals surface area (Å²) in [6, 6.07) is 4.60. The van der Waals surface area contributed by atoms with Gasteiger partial charge in [-0.3, -0.25) is 0 Å². The summed E-state index contributed by atoms with van der Waals surface area (Å²) < 4.78 is 29.2. The molecule has 0 amide bonds. The summed E-state index contributed by atoms with van der Waals surface area (Å²) in [7, 11) is 1.59. The number of ether oxygens (including phenoxy) is 3. The Labute approximate surface area is 112 Å². The Kier molecular flexibility index (Phi) is 4.74. The zero-order valence-corrected chi connectivity index (χ0v) is 11.1. The average molecular weight is 270 g/mol. The maximum Gasteiger partial charge on any atom is 0.130 e. The first-order chi connectivity index (χ1) is 9.11. The Hall–Kier alpha value is -1.17. The van der Waals surface area contributed by atoms with E-state index in [9.17, 15) is 9.50 Å². The van der Waals surface area contributed by atoms with Crippen LogP contribution in [0.3, 0.4) is 0 Å². The normalized spacial score (nSPS) is 26.0. The third kappa shape index (κ3) is 3.43. The Morgan fingerprint density at radius 1 is 1.37 bits per heavy atom. The van der Waals surface area contributed by atoms with Crippen LogP contribution in [0, 0.1) is 12.7 Å². The van der Waals surface area contributed by atoms with Gasteiger partial charge < -0.3 is 19.3 Å². The van der Waals surface area contributed by atoms with Gasteiger partial charge >= 0.3 is 0 Å². The molecule has 1 aliphatic carbocycles. The lowest BCUT2D eigenvalue weighted by molar-refractivity contribution is -0.167. The van der Waals surface area contributed by atoms with Gasteiger partial charge in [0.05, 0.1) is 19.3 Å². The molecule has 2 rings (SSSR count). The van der Waals surface area contributed by atoms with Gasteiger partial charge in [0, 0.05) is 13.5 Å². The number of benzene rings is 1. The predicted octanol–water partition coefficient (Wildman–Crippen LogP) is 1.68. The summed E-state index contributed by atoms with van der Waals surface area (Å²) in [5.74, 6) is 0.338. The molecule has 19 heavy (non-hydrogen) atoms. The first-order valence-electron chi connectivity index (χ1n) is 6.33. The Morgan fingerprint density at radius 3 is 2.79 bits per heavy atom. The molecule has 3 atom stereocenters. The minimum Gasteiger partial charge on any atom is -0.487 e. The second kappa shape index (κ2) is 6.32. The first kappa shape index (κ1) is 14.2. The van der Waals surface area contributed by atoms with E-state index in [4.69, 9.17) is 14.2 Å². The van der Waals surface area contributed by atoms with Gasteiger partial charge in [0.1, 0.15) is 23.8 Å². The van der Waals surface area contributed by atoms with E-state index in [1.165, 1.54) is 6.07 Å². The minimum atomic E-state index is -0.511. The Bertz CT molecular complexity index is 424. The molecular formula is C14H19FO4. The highest BCUT2D eigenvalue weighted by Gasteiger charge is 2.42. The molecule has 0 saturated heterocycles. The smallest absolute Gasteiger partial charge is 0.130 e. The van der Waals surface area contributed by atoms with Crippen LogP contribution in [-0.4, -0.2) is 43.7 Å². The van der Waals surface area contributed by atoms with Crippen molar-refractivity contribution >= 4 is 0 Å². The second-order valence-corrected chi connectivity index (χ2v) is 4.70. The van der Waals surface area contributed by atoms with Gasteiger partial charge in [0.2, 0.25) is 0 Å². The quantitative estimate of drug-likeness (QED) is 0.799. The van der Waals surface area contributed by atoms with E-state index in [2.05, 4.69) is 0 Å². The molecule has 1 aromatic rings. The number of hydrogen-bond acceptors (Lipinski definition) is 4. The first-order valence-corrected chi connectivity index (χ1v) is 6.33. The lowest BCUT2D eigenvalue weighted by atomic mass is 9.88. The molecule has 0 spiro atoms. The number of aliphatic hydroxyl groups excluding tert-OH is 1. The number of rotatable bonds is 6. The van der Waals surface area contributed by atoms with Crippen molar-refractivity contribution in [1.29, 1.82) is 0 Å². The molecule has 0 bridgehead atoms. The molecule has 1 aromatic carbocycles. The van der Waals surface area contributed by atoms with Gasteiger partial charge in [-0.2, -0.15) is 0 Å². The fourth-order valence-corrected chi connectivity index (χ4v) is 2.02. The molecule has 1 saturated carbocycles. The van der Waals surface area contributed by atoms with E-state index < -0.39 is 6.10 Å². The lowest BCUT2D eigenvalue weighted by Crippen LogP contribution is -2.55. The molecule has 1 aliphatic rings. The maximum atomic E-state index is 13.1.